The first kappa shape index (κ1) is 21.6. The van der Waals surface area contributed by atoms with Gasteiger partial charge >= 0.3 is 0 Å². The molecule has 0 aliphatic heterocycles. The van der Waals surface area contributed by atoms with Crippen LogP contribution in [0.2, 0.25) is 0 Å². The zero-order valence-corrected chi connectivity index (χ0v) is 18.6. The largest absolute Gasteiger partial charge is 0.341 e. The second kappa shape index (κ2) is 8.46. The van der Waals surface area contributed by atoms with Crippen molar-refractivity contribution >= 4 is 43.4 Å². The molecule has 0 fully saturated rings. The lowest BCUT2D eigenvalue weighted by Gasteiger charge is -2.17. The third-order valence-corrected chi connectivity index (χ3v) is 7.25. The Bertz CT molecular complexity index is 1470. The van der Waals surface area contributed by atoms with E-state index < -0.39 is 15.9 Å². The smallest absolute Gasteiger partial charge is 0.243 e. The molecule has 0 radical (unpaired) electrons. The first-order valence-corrected chi connectivity index (χ1v) is 11.6. The second-order valence-electron chi connectivity index (χ2n) is 7.44. The summed E-state index contributed by atoms with van der Waals surface area (Å²) in [5.41, 5.74) is 3.17. The molecule has 0 unspecified atom stereocenters. The highest BCUT2D eigenvalue weighted by atomic mass is 32.2. The summed E-state index contributed by atoms with van der Waals surface area (Å²) in [5, 5.41) is 13.8. The van der Waals surface area contributed by atoms with Gasteiger partial charge in [0.1, 0.15) is 0 Å². The Morgan fingerprint density at radius 1 is 1.03 bits per heavy atom. The number of carbonyl (C=O) groups is 1. The number of para-hydroxylation sites is 1. The van der Waals surface area contributed by atoms with Gasteiger partial charge in [-0.2, -0.15) is 9.57 Å². The molecular weight excluding hydrogens is 424 g/mol. The quantitative estimate of drug-likeness (QED) is 0.485. The van der Waals surface area contributed by atoms with Gasteiger partial charge < -0.3 is 9.88 Å². The minimum atomic E-state index is -3.86. The van der Waals surface area contributed by atoms with Gasteiger partial charge in [-0.1, -0.05) is 18.2 Å². The fourth-order valence-electron chi connectivity index (χ4n) is 3.84. The fraction of sp³-hybridized carbons (Fsp3) is 0.167. The minimum absolute atomic E-state index is 0.0283. The Hall–Kier alpha value is -3.67. The molecule has 0 saturated heterocycles. The number of likely N-dealkylation sites (N-methyl/N-ethyl adjacent to an activating group) is 1. The number of anilines is 1. The third-order valence-electron chi connectivity index (χ3n) is 5.43. The van der Waals surface area contributed by atoms with Gasteiger partial charge in [0.2, 0.25) is 15.9 Å². The van der Waals surface area contributed by atoms with Gasteiger partial charge in [-0.25, -0.2) is 8.42 Å². The number of aromatic nitrogens is 1. The highest BCUT2D eigenvalue weighted by Crippen LogP contribution is 2.31. The van der Waals surface area contributed by atoms with Crippen molar-refractivity contribution in [3.05, 3.63) is 72.3 Å². The van der Waals surface area contributed by atoms with Crippen LogP contribution in [0, 0.1) is 11.3 Å². The van der Waals surface area contributed by atoms with E-state index in [1.54, 1.807) is 0 Å². The maximum Gasteiger partial charge on any atom is 0.243 e. The highest BCUT2D eigenvalue weighted by molar-refractivity contribution is 7.89. The van der Waals surface area contributed by atoms with Gasteiger partial charge in [-0.3, -0.25) is 4.79 Å². The molecule has 0 spiro atoms. The number of aryl methyl sites for hydroxylation is 1. The van der Waals surface area contributed by atoms with Crippen molar-refractivity contribution in [2.24, 2.45) is 0 Å². The number of nitrogens with one attached hydrogen (secondary N) is 1. The van der Waals surface area contributed by atoms with E-state index in [0.29, 0.717) is 11.3 Å². The Labute approximate surface area is 186 Å². The molecule has 0 aliphatic carbocycles. The van der Waals surface area contributed by atoms with Gasteiger partial charge in [-0.05, 0) is 55.5 Å². The standard InChI is InChI=1S/C24H22N4O3S/c1-3-28-22-7-5-4-6-20(22)21-14-18(10-13-23(21)28)26-24(29)16-27(2)32(30,31)19-11-8-17(15-25)9-12-19/h4-14H,3,16H2,1-2H3,(H,26,29). The number of hydrogen-bond acceptors (Lipinski definition) is 4. The lowest BCUT2D eigenvalue weighted by Crippen LogP contribution is -2.34. The van der Waals surface area contributed by atoms with Crippen LogP contribution in [0.15, 0.2) is 71.6 Å². The van der Waals surface area contributed by atoms with Crippen molar-refractivity contribution in [3.8, 4) is 6.07 Å². The number of fused-ring (bicyclic) bond motifs is 3. The molecule has 3 aromatic carbocycles. The number of amides is 1. The number of nitrogens with zero attached hydrogens (tertiary/aromatic N) is 3. The lowest BCUT2D eigenvalue weighted by atomic mass is 10.1. The summed E-state index contributed by atoms with van der Waals surface area (Å²) in [7, 11) is -2.50. The molecule has 1 amide bonds. The third kappa shape index (κ3) is 3.84. The Morgan fingerprint density at radius 2 is 1.72 bits per heavy atom. The van der Waals surface area contributed by atoms with Crippen molar-refractivity contribution in [2.45, 2.75) is 18.4 Å². The molecule has 32 heavy (non-hydrogen) atoms. The molecule has 7 nitrogen and oxygen atoms in total. The van der Waals surface area contributed by atoms with Crippen molar-refractivity contribution in [1.29, 1.82) is 5.26 Å². The van der Waals surface area contributed by atoms with Crippen molar-refractivity contribution in [1.82, 2.24) is 8.87 Å². The fourth-order valence-corrected chi connectivity index (χ4v) is 4.97. The summed E-state index contributed by atoms with van der Waals surface area (Å²) >= 11 is 0. The van der Waals surface area contributed by atoms with Crippen LogP contribution in [0.25, 0.3) is 21.8 Å². The number of benzene rings is 3. The SMILES string of the molecule is CCn1c2ccccc2c2cc(NC(=O)CN(C)S(=O)(=O)c3ccc(C#N)cc3)ccc21. The number of hydrogen-bond donors (Lipinski definition) is 1. The van der Waals surface area contributed by atoms with Gasteiger partial charge in [0.05, 0.1) is 23.1 Å². The molecule has 0 atom stereocenters. The number of sulfonamides is 1. The van der Waals surface area contributed by atoms with Crippen LogP contribution in [-0.2, 0) is 21.4 Å². The first-order valence-electron chi connectivity index (χ1n) is 10.1. The highest BCUT2D eigenvalue weighted by Gasteiger charge is 2.23. The van der Waals surface area contributed by atoms with E-state index in [0.717, 1.165) is 32.7 Å². The van der Waals surface area contributed by atoms with E-state index in [-0.39, 0.29) is 11.4 Å². The topological polar surface area (TPSA) is 95.2 Å². The predicted octanol–water partition coefficient (Wildman–Crippen LogP) is 3.95. The predicted molar refractivity (Wildman–Crippen MR) is 125 cm³/mol. The van der Waals surface area contributed by atoms with Crippen LogP contribution in [0.5, 0.6) is 0 Å². The summed E-state index contributed by atoms with van der Waals surface area (Å²) in [4.78, 5) is 12.6. The summed E-state index contributed by atoms with van der Waals surface area (Å²) < 4.78 is 28.7. The van der Waals surface area contributed by atoms with Crippen LogP contribution in [0.3, 0.4) is 0 Å². The van der Waals surface area contributed by atoms with Crippen molar-refractivity contribution in [3.63, 3.8) is 0 Å². The number of carbonyl (C=O) groups excluding carboxylic acids is 1. The van der Waals surface area contributed by atoms with E-state index in [1.165, 1.54) is 31.3 Å². The van der Waals surface area contributed by atoms with Crippen molar-refractivity contribution in [2.75, 3.05) is 18.9 Å². The summed E-state index contributed by atoms with van der Waals surface area (Å²) in [5.74, 6) is -0.441. The monoisotopic (exact) mass is 446 g/mol. The molecular formula is C24H22N4O3S. The summed E-state index contributed by atoms with van der Waals surface area (Å²) in [6.45, 7) is 2.58. The molecule has 162 valence electrons. The maximum absolute atomic E-state index is 12.7. The van der Waals surface area contributed by atoms with Gasteiger partial charge in [0.15, 0.2) is 0 Å². The normalized spacial score (nSPS) is 11.7. The molecule has 0 bridgehead atoms. The number of rotatable bonds is 6. The summed E-state index contributed by atoms with van der Waals surface area (Å²) in [6.07, 6.45) is 0. The van der Waals surface area contributed by atoms with E-state index >= 15 is 0 Å². The molecule has 4 aromatic rings. The van der Waals surface area contributed by atoms with Gasteiger partial charge in [-0.15, -0.1) is 0 Å². The first-order chi connectivity index (χ1) is 15.3. The van der Waals surface area contributed by atoms with Crippen molar-refractivity contribution < 1.29 is 13.2 Å². The van der Waals surface area contributed by atoms with Gasteiger partial charge in [0, 0.05) is 41.1 Å². The van der Waals surface area contributed by atoms with E-state index in [2.05, 4.69) is 22.9 Å². The number of nitriles is 1. The Balaban J connectivity index is 1.54. The molecule has 1 N–H and O–H groups in total. The van der Waals surface area contributed by atoms with Crippen LogP contribution in [0.4, 0.5) is 5.69 Å². The van der Waals surface area contributed by atoms with Crippen LogP contribution in [0.1, 0.15) is 12.5 Å². The zero-order chi connectivity index (χ0) is 22.9. The molecule has 8 heteroatoms. The van der Waals surface area contributed by atoms with E-state index in [1.807, 2.05) is 42.5 Å². The molecule has 0 aliphatic rings. The van der Waals surface area contributed by atoms with Crippen LogP contribution >= 0.6 is 0 Å². The minimum Gasteiger partial charge on any atom is -0.341 e. The van der Waals surface area contributed by atoms with E-state index in [9.17, 15) is 13.2 Å². The van der Waals surface area contributed by atoms with Crippen LogP contribution in [-0.4, -0.2) is 36.8 Å². The maximum atomic E-state index is 12.7. The lowest BCUT2D eigenvalue weighted by molar-refractivity contribution is -0.116. The zero-order valence-electron chi connectivity index (χ0n) is 17.7. The Kier molecular flexibility index (Phi) is 5.70. The molecule has 0 saturated carbocycles. The summed E-state index contributed by atoms with van der Waals surface area (Å²) in [6, 6.07) is 21.3. The second-order valence-corrected chi connectivity index (χ2v) is 9.48. The molecule has 1 aromatic heterocycles. The molecule has 4 rings (SSSR count). The van der Waals surface area contributed by atoms with Crippen LogP contribution < -0.4 is 5.32 Å². The Morgan fingerprint density at radius 3 is 2.41 bits per heavy atom. The average Bonchev–Trinajstić information content (AvgIpc) is 3.12. The van der Waals surface area contributed by atoms with E-state index in [4.69, 9.17) is 5.26 Å². The molecule has 1 heterocycles. The van der Waals surface area contributed by atoms with Gasteiger partial charge in [0.25, 0.3) is 0 Å². The average molecular weight is 447 g/mol.